The molecule has 2 unspecified atom stereocenters. The van der Waals surface area contributed by atoms with Crippen molar-refractivity contribution in [1.82, 2.24) is 5.32 Å². The molecule has 1 N–H and O–H groups in total. The highest BCUT2D eigenvalue weighted by Gasteiger charge is 2.29. The summed E-state index contributed by atoms with van der Waals surface area (Å²) in [4.78, 5) is 15.1. The van der Waals surface area contributed by atoms with Crippen molar-refractivity contribution in [3.63, 3.8) is 0 Å². The van der Waals surface area contributed by atoms with E-state index in [-0.39, 0.29) is 18.1 Å². The first-order valence-electron chi connectivity index (χ1n) is 3.54. The topological polar surface area (TPSA) is 50.7 Å². The average molecular weight is 156 g/mol. The van der Waals surface area contributed by atoms with Gasteiger partial charge in [-0.05, 0) is 13.8 Å². The van der Waals surface area contributed by atoms with E-state index in [0.717, 1.165) is 5.84 Å². The number of nitrogens with zero attached hydrogens (tertiary/aromatic N) is 1. The quantitative estimate of drug-likeness (QED) is 0.541. The minimum atomic E-state index is -0.361. The van der Waals surface area contributed by atoms with E-state index in [0.29, 0.717) is 0 Å². The molecule has 0 aromatic carbocycles. The highest BCUT2D eigenvalue weighted by atomic mass is 16.5. The van der Waals surface area contributed by atoms with Crippen LogP contribution in [0.2, 0.25) is 0 Å². The first-order chi connectivity index (χ1) is 5.15. The molecule has 0 spiro atoms. The number of nitrogens with one attached hydrogen (secondary N) is 1. The number of aliphatic imine (C=N–C) groups is 1. The smallest absolute Gasteiger partial charge is 0.332 e. The maximum atomic E-state index is 11.0. The Morgan fingerprint density at radius 2 is 2.36 bits per heavy atom. The van der Waals surface area contributed by atoms with Crippen LogP contribution in [0, 0.1) is 0 Å². The molecule has 0 saturated heterocycles. The molecule has 62 valence electrons. The van der Waals surface area contributed by atoms with E-state index in [9.17, 15) is 4.79 Å². The van der Waals surface area contributed by atoms with Gasteiger partial charge in [0.05, 0.1) is 19.0 Å². The van der Waals surface area contributed by atoms with Crippen LogP contribution in [-0.4, -0.2) is 31.0 Å². The summed E-state index contributed by atoms with van der Waals surface area (Å²) in [6.07, 6.45) is 0. The number of hydrogen-bond acceptors (Lipinski definition) is 4. The number of methoxy groups -OCH3 is 1. The van der Waals surface area contributed by atoms with Gasteiger partial charge in [0.2, 0.25) is 0 Å². The van der Waals surface area contributed by atoms with Crippen molar-refractivity contribution >= 4 is 11.8 Å². The fourth-order valence-electron chi connectivity index (χ4n) is 1.14. The second-order valence-electron chi connectivity index (χ2n) is 2.62. The fourth-order valence-corrected chi connectivity index (χ4v) is 1.14. The van der Waals surface area contributed by atoms with Crippen LogP contribution in [0.1, 0.15) is 13.8 Å². The Kier molecular flexibility index (Phi) is 2.12. The van der Waals surface area contributed by atoms with Gasteiger partial charge in [-0.25, -0.2) is 4.79 Å². The fraction of sp³-hybridized carbons (Fsp3) is 0.714. The lowest BCUT2D eigenvalue weighted by Gasteiger charge is -2.10. The molecule has 2 atom stereocenters. The molecule has 0 aromatic heterocycles. The van der Waals surface area contributed by atoms with Gasteiger partial charge in [0.1, 0.15) is 0 Å². The van der Waals surface area contributed by atoms with Crippen molar-refractivity contribution in [2.45, 2.75) is 25.9 Å². The molecule has 0 fully saturated rings. The van der Waals surface area contributed by atoms with Crippen LogP contribution < -0.4 is 5.32 Å². The molecule has 1 aliphatic rings. The molecule has 1 heterocycles. The number of esters is 1. The Morgan fingerprint density at radius 1 is 1.73 bits per heavy atom. The van der Waals surface area contributed by atoms with E-state index >= 15 is 0 Å². The maximum Gasteiger partial charge on any atom is 0.332 e. The Labute approximate surface area is 65.6 Å². The van der Waals surface area contributed by atoms with Crippen LogP contribution in [0.4, 0.5) is 0 Å². The monoisotopic (exact) mass is 156 g/mol. The van der Waals surface area contributed by atoms with Crippen molar-refractivity contribution in [3.05, 3.63) is 0 Å². The van der Waals surface area contributed by atoms with Gasteiger partial charge < -0.3 is 10.1 Å². The van der Waals surface area contributed by atoms with Crippen LogP contribution in [0.5, 0.6) is 0 Å². The molecule has 1 aliphatic heterocycles. The van der Waals surface area contributed by atoms with Crippen LogP contribution >= 0.6 is 0 Å². The van der Waals surface area contributed by atoms with Crippen LogP contribution in [0.3, 0.4) is 0 Å². The Balaban J connectivity index is 2.65. The standard InChI is InChI=1S/C7H12N2O2/c1-4-6(7(10)11-3)9-5(2)8-4/h4,6H,1-3H3,(H,8,9). The van der Waals surface area contributed by atoms with Gasteiger partial charge in [-0.3, -0.25) is 4.99 Å². The minimum Gasteiger partial charge on any atom is -0.467 e. The zero-order valence-electron chi connectivity index (χ0n) is 6.92. The molecular weight excluding hydrogens is 144 g/mol. The highest BCUT2D eigenvalue weighted by molar-refractivity contribution is 5.89. The first-order valence-corrected chi connectivity index (χ1v) is 3.54. The summed E-state index contributed by atoms with van der Waals surface area (Å²) in [5, 5.41) is 3.03. The SMILES string of the molecule is COC(=O)C1N=C(C)NC1C. The summed E-state index contributed by atoms with van der Waals surface area (Å²) in [6, 6.07) is -0.303. The van der Waals surface area contributed by atoms with E-state index in [1.807, 2.05) is 13.8 Å². The molecule has 1 rings (SSSR count). The van der Waals surface area contributed by atoms with Gasteiger partial charge >= 0.3 is 5.97 Å². The molecular formula is C7H12N2O2. The number of ether oxygens (including phenoxy) is 1. The predicted molar refractivity (Wildman–Crippen MR) is 41.5 cm³/mol. The molecule has 4 nitrogen and oxygen atoms in total. The normalized spacial score (nSPS) is 29.2. The third-order valence-corrected chi connectivity index (χ3v) is 1.69. The molecule has 0 bridgehead atoms. The Morgan fingerprint density at radius 3 is 2.73 bits per heavy atom. The van der Waals surface area contributed by atoms with E-state index in [4.69, 9.17) is 0 Å². The number of hydrogen-bond donors (Lipinski definition) is 1. The van der Waals surface area contributed by atoms with Crippen molar-refractivity contribution in [2.24, 2.45) is 4.99 Å². The van der Waals surface area contributed by atoms with Crippen LogP contribution in [0.25, 0.3) is 0 Å². The molecule has 4 heteroatoms. The lowest BCUT2D eigenvalue weighted by Crippen LogP contribution is -2.36. The predicted octanol–water partition coefficient (Wildman–Crippen LogP) is -0.0619. The molecule has 0 amide bonds. The third-order valence-electron chi connectivity index (χ3n) is 1.69. The van der Waals surface area contributed by atoms with E-state index in [2.05, 4.69) is 15.0 Å². The number of amidine groups is 1. The van der Waals surface area contributed by atoms with E-state index < -0.39 is 0 Å². The van der Waals surface area contributed by atoms with Crippen LogP contribution in [-0.2, 0) is 9.53 Å². The molecule has 0 aromatic rings. The minimum absolute atomic E-state index is 0.0578. The maximum absolute atomic E-state index is 11.0. The van der Waals surface area contributed by atoms with Gasteiger partial charge in [-0.1, -0.05) is 0 Å². The first kappa shape index (κ1) is 8.04. The summed E-state index contributed by atoms with van der Waals surface area (Å²) < 4.78 is 4.57. The van der Waals surface area contributed by atoms with Crippen molar-refractivity contribution in [1.29, 1.82) is 0 Å². The number of carbonyl (C=O) groups is 1. The van der Waals surface area contributed by atoms with E-state index in [1.54, 1.807) is 0 Å². The zero-order valence-corrected chi connectivity index (χ0v) is 6.92. The second kappa shape index (κ2) is 2.90. The van der Waals surface area contributed by atoms with Gasteiger partial charge in [0.25, 0.3) is 0 Å². The summed E-state index contributed by atoms with van der Waals surface area (Å²) in [5.74, 6) is 0.523. The lowest BCUT2D eigenvalue weighted by atomic mass is 10.2. The number of rotatable bonds is 1. The summed E-state index contributed by atoms with van der Waals surface area (Å²) in [7, 11) is 1.37. The van der Waals surface area contributed by atoms with Gasteiger partial charge in [-0.15, -0.1) is 0 Å². The zero-order chi connectivity index (χ0) is 8.43. The van der Waals surface area contributed by atoms with Crippen LogP contribution in [0.15, 0.2) is 4.99 Å². The highest BCUT2D eigenvalue weighted by Crippen LogP contribution is 2.07. The van der Waals surface area contributed by atoms with E-state index in [1.165, 1.54) is 7.11 Å². The largest absolute Gasteiger partial charge is 0.467 e. The molecule has 11 heavy (non-hydrogen) atoms. The molecule has 0 saturated carbocycles. The molecule has 0 radical (unpaired) electrons. The Hall–Kier alpha value is -1.06. The van der Waals surface area contributed by atoms with Gasteiger partial charge in [0.15, 0.2) is 6.04 Å². The second-order valence-corrected chi connectivity index (χ2v) is 2.62. The Bertz CT molecular complexity index is 201. The van der Waals surface area contributed by atoms with Crippen molar-refractivity contribution in [3.8, 4) is 0 Å². The summed E-state index contributed by atoms with van der Waals surface area (Å²) in [6.45, 7) is 3.74. The van der Waals surface area contributed by atoms with Crippen molar-refractivity contribution < 1.29 is 9.53 Å². The van der Waals surface area contributed by atoms with Gasteiger partial charge in [0, 0.05) is 0 Å². The third kappa shape index (κ3) is 1.50. The lowest BCUT2D eigenvalue weighted by molar-refractivity contribution is -0.142. The summed E-state index contributed by atoms with van der Waals surface area (Å²) >= 11 is 0. The summed E-state index contributed by atoms with van der Waals surface area (Å²) in [5.41, 5.74) is 0. The van der Waals surface area contributed by atoms with Gasteiger partial charge in [-0.2, -0.15) is 0 Å². The average Bonchev–Trinajstić information content (AvgIpc) is 2.28. The van der Waals surface area contributed by atoms with Crippen molar-refractivity contribution in [2.75, 3.05) is 7.11 Å². The molecule has 0 aliphatic carbocycles. The number of carbonyl (C=O) groups excluding carboxylic acids is 1.